The molecule has 0 aliphatic rings. The van der Waals surface area contributed by atoms with E-state index < -0.39 is 10.0 Å². The Bertz CT molecular complexity index is 728. The Kier molecular flexibility index (Phi) is 4.66. The van der Waals surface area contributed by atoms with Crippen molar-refractivity contribution in [3.63, 3.8) is 0 Å². The third-order valence-corrected chi connectivity index (χ3v) is 4.72. The molecule has 7 nitrogen and oxygen atoms in total. The van der Waals surface area contributed by atoms with Crippen LogP contribution in [0.2, 0.25) is 0 Å². The van der Waals surface area contributed by atoms with Crippen molar-refractivity contribution in [2.24, 2.45) is 0 Å². The highest BCUT2D eigenvalue weighted by molar-refractivity contribution is 7.92. The molecular formula is C12H15N3O4S2. The predicted octanol–water partition coefficient (Wildman–Crippen LogP) is 1.49. The van der Waals surface area contributed by atoms with E-state index in [1.54, 1.807) is 17.5 Å². The second-order valence-electron chi connectivity index (χ2n) is 4.23. The lowest BCUT2D eigenvalue weighted by atomic mass is 10.1. The van der Waals surface area contributed by atoms with Gasteiger partial charge < -0.3 is 15.6 Å². The third-order valence-electron chi connectivity index (χ3n) is 2.63. The van der Waals surface area contributed by atoms with E-state index in [9.17, 15) is 13.5 Å². The molecule has 0 amide bonds. The first-order valence-electron chi connectivity index (χ1n) is 5.95. The van der Waals surface area contributed by atoms with Crippen molar-refractivity contribution < 1.29 is 18.3 Å². The predicted molar refractivity (Wildman–Crippen MR) is 82.9 cm³/mol. The molecule has 21 heavy (non-hydrogen) atoms. The Balaban J connectivity index is 2.16. The number of phenolic OH excluding ortho intramolecular Hbond substituents is 1. The van der Waals surface area contributed by atoms with Gasteiger partial charge in [0.05, 0.1) is 23.7 Å². The van der Waals surface area contributed by atoms with Gasteiger partial charge in [-0.2, -0.15) is 0 Å². The van der Waals surface area contributed by atoms with Crippen molar-refractivity contribution in [3.8, 4) is 17.0 Å². The fourth-order valence-electron chi connectivity index (χ4n) is 1.54. The Morgan fingerprint density at radius 3 is 2.90 bits per heavy atom. The Morgan fingerprint density at radius 2 is 2.24 bits per heavy atom. The normalized spacial score (nSPS) is 11.5. The van der Waals surface area contributed by atoms with Crippen LogP contribution in [0.4, 0.5) is 10.8 Å². The first-order valence-corrected chi connectivity index (χ1v) is 8.48. The van der Waals surface area contributed by atoms with Crippen LogP contribution < -0.4 is 10.5 Å². The van der Waals surface area contributed by atoms with E-state index in [1.807, 2.05) is 0 Å². The van der Waals surface area contributed by atoms with Gasteiger partial charge in [0.1, 0.15) is 5.75 Å². The molecule has 0 saturated heterocycles. The maximum absolute atomic E-state index is 11.7. The number of aromatic hydroxyl groups is 1. The summed E-state index contributed by atoms with van der Waals surface area (Å²) < 4.78 is 30.6. The van der Waals surface area contributed by atoms with Gasteiger partial charge in [-0.25, -0.2) is 13.4 Å². The molecule has 0 aliphatic carbocycles. The number of phenols is 1. The summed E-state index contributed by atoms with van der Waals surface area (Å²) >= 11 is 1.17. The highest BCUT2D eigenvalue weighted by Gasteiger charge is 2.13. The second kappa shape index (κ2) is 6.29. The van der Waals surface area contributed by atoms with Crippen molar-refractivity contribution >= 4 is 32.2 Å². The molecule has 0 spiro atoms. The van der Waals surface area contributed by atoms with E-state index >= 15 is 0 Å². The number of aromatic nitrogens is 1. The zero-order valence-electron chi connectivity index (χ0n) is 11.2. The summed E-state index contributed by atoms with van der Waals surface area (Å²) in [6, 6.07) is 4.70. The maximum Gasteiger partial charge on any atom is 0.236 e. The minimum atomic E-state index is -3.47. The fraction of sp³-hybridized carbons (Fsp3) is 0.250. The molecule has 0 aliphatic heterocycles. The summed E-state index contributed by atoms with van der Waals surface area (Å²) in [5.74, 6) is -0.139. The van der Waals surface area contributed by atoms with Crippen LogP contribution in [0.5, 0.6) is 5.75 Å². The van der Waals surface area contributed by atoms with Crippen molar-refractivity contribution in [2.75, 3.05) is 29.9 Å². The van der Waals surface area contributed by atoms with Crippen molar-refractivity contribution in [2.45, 2.75) is 0 Å². The second-order valence-corrected chi connectivity index (χ2v) is 6.93. The largest absolute Gasteiger partial charge is 0.506 e. The molecule has 0 unspecified atom stereocenters. The number of rotatable bonds is 6. The molecule has 0 radical (unpaired) electrons. The molecule has 1 heterocycles. The minimum absolute atomic E-state index is 0.00512. The lowest BCUT2D eigenvalue weighted by Crippen LogP contribution is -2.19. The Morgan fingerprint density at radius 1 is 1.48 bits per heavy atom. The number of hydrogen-bond donors (Lipinski definition) is 3. The molecule has 114 valence electrons. The van der Waals surface area contributed by atoms with E-state index in [0.717, 1.165) is 0 Å². The number of sulfonamides is 1. The van der Waals surface area contributed by atoms with Crippen LogP contribution in [0.1, 0.15) is 0 Å². The van der Waals surface area contributed by atoms with E-state index in [1.165, 1.54) is 24.5 Å². The van der Waals surface area contributed by atoms with Crippen LogP contribution in [-0.2, 0) is 14.8 Å². The maximum atomic E-state index is 11.7. The Labute approximate surface area is 126 Å². The number of nitrogens with two attached hydrogens (primary N) is 1. The standard InChI is InChI=1S/C12H15N3O4S2/c1-19-4-5-21(17,18)15-12-14-10(7-20-12)8-2-3-11(16)9(13)6-8/h2-3,6-7,16H,4-5,13H2,1H3,(H,14,15). The molecule has 2 rings (SSSR count). The smallest absolute Gasteiger partial charge is 0.236 e. The zero-order valence-corrected chi connectivity index (χ0v) is 12.9. The van der Waals surface area contributed by atoms with Gasteiger partial charge in [0.25, 0.3) is 0 Å². The highest BCUT2D eigenvalue weighted by Crippen LogP contribution is 2.30. The molecule has 0 atom stereocenters. The lowest BCUT2D eigenvalue weighted by Gasteiger charge is -2.04. The van der Waals surface area contributed by atoms with Gasteiger partial charge >= 0.3 is 0 Å². The fourth-order valence-corrected chi connectivity index (χ4v) is 3.48. The van der Waals surface area contributed by atoms with Gasteiger partial charge in [-0.05, 0) is 18.2 Å². The number of benzene rings is 1. The molecule has 2 aromatic rings. The number of methoxy groups -OCH3 is 1. The van der Waals surface area contributed by atoms with Gasteiger partial charge in [-0.1, -0.05) is 0 Å². The molecule has 0 saturated carbocycles. The van der Waals surface area contributed by atoms with Gasteiger partial charge in [-0.3, -0.25) is 4.72 Å². The third kappa shape index (κ3) is 4.06. The average Bonchev–Trinajstić information content (AvgIpc) is 2.87. The molecule has 0 fully saturated rings. The van der Waals surface area contributed by atoms with Crippen LogP contribution >= 0.6 is 11.3 Å². The highest BCUT2D eigenvalue weighted by atomic mass is 32.2. The average molecular weight is 329 g/mol. The number of anilines is 2. The van der Waals surface area contributed by atoms with Gasteiger partial charge in [0.2, 0.25) is 10.0 Å². The molecule has 0 bridgehead atoms. The van der Waals surface area contributed by atoms with Gasteiger partial charge in [-0.15, -0.1) is 11.3 Å². The van der Waals surface area contributed by atoms with Crippen molar-refractivity contribution in [3.05, 3.63) is 23.6 Å². The topological polar surface area (TPSA) is 115 Å². The first kappa shape index (κ1) is 15.5. The van der Waals surface area contributed by atoms with Gasteiger partial charge in [0, 0.05) is 18.1 Å². The zero-order chi connectivity index (χ0) is 15.5. The number of hydrogen-bond acceptors (Lipinski definition) is 7. The first-order chi connectivity index (χ1) is 9.91. The monoisotopic (exact) mass is 329 g/mol. The van der Waals surface area contributed by atoms with Crippen LogP contribution in [0.15, 0.2) is 23.6 Å². The Hall–Kier alpha value is -1.84. The summed E-state index contributed by atoms with van der Waals surface area (Å²) in [4.78, 5) is 4.19. The molecular weight excluding hydrogens is 314 g/mol. The van der Waals surface area contributed by atoms with Gasteiger partial charge in [0.15, 0.2) is 5.13 Å². The molecule has 1 aromatic carbocycles. The minimum Gasteiger partial charge on any atom is -0.506 e. The summed E-state index contributed by atoms with van der Waals surface area (Å²) in [5, 5.41) is 11.4. The number of nitrogen functional groups attached to an aromatic ring is 1. The van der Waals surface area contributed by atoms with Crippen molar-refractivity contribution in [1.82, 2.24) is 4.98 Å². The molecule has 1 aromatic heterocycles. The van der Waals surface area contributed by atoms with Crippen molar-refractivity contribution in [1.29, 1.82) is 0 Å². The van der Waals surface area contributed by atoms with E-state index in [4.69, 9.17) is 10.5 Å². The SMILES string of the molecule is COCCS(=O)(=O)Nc1nc(-c2ccc(O)c(N)c2)cs1. The van der Waals surface area contributed by atoms with Crippen LogP contribution in [0.3, 0.4) is 0 Å². The molecule has 9 heteroatoms. The quantitative estimate of drug-likeness (QED) is 0.546. The van der Waals surface area contributed by atoms with E-state index in [2.05, 4.69) is 9.71 Å². The summed E-state index contributed by atoms with van der Waals surface area (Å²) in [5.41, 5.74) is 7.14. The number of thiazole rings is 1. The van der Waals surface area contributed by atoms with Crippen LogP contribution in [-0.4, -0.2) is 38.0 Å². The number of ether oxygens (including phenoxy) is 1. The lowest BCUT2D eigenvalue weighted by molar-refractivity contribution is 0.217. The molecule has 4 N–H and O–H groups in total. The summed E-state index contributed by atoms with van der Waals surface area (Å²) in [6.07, 6.45) is 0. The van der Waals surface area contributed by atoms with E-state index in [0.29, 0.717) is 11.3 Å². The van der Waals surface area contributed by atoms with Crippen LogP contribution in [0, 0.1) is 0 Å². The number of nitrogens with one attached hydrogen (secondary N) is 1. The van der Waals surface area contributed by atoms with Crippen LogP contribution in [0.25, 0.3) is 11.3 Å². The summed E-state index contributed by atoms with van der Waals surface area (Å²) in [6.45, 7) is 0.113. The van der Waals surface area contributed by atoms with E-state index in [-0.39, 0.29) is 28.9 Å². The number of nitrogens with zero attached hydrogens (tertiary/aromatic N) is 1. The summed E-state index contributed by atoms with van der Waals surface area (Å²) in [7, 11) is -2.04.